The van der Waals surface area contributed by atoms with Gasteiger partial charge in [-0.15, -0.1) is 17.9 Å². The van der Waals surface area contributed by atoms with Gasteiger partial charge in [-0.2, -0.15) is 4.99 Å². The normalized spacial score (nSPS) is 9.33. The molecule has 4 N–H and O–H groups in total. The van der Waals surface area contributed by atoms with Gasteiger partial charge in [-0.05, 0) is 0 Å². The van der Waals surface area contributed by atoms with Crippen LogP contribution in [0.5, 0.6) is 0 Å². The molecule has 0 bridgehead atoms. The Morgan fingerprint density at radius 3 is 3.08 bits per heavy atom. The van der Waals surface area contributed by atoms with E-state index in [-0.39, 0.29) is 5.96 Å². The third-order valence-corrected chi connectivity index (χ3v) is 1.90. The monoisotopic (exact) mass is 182 g/mol. The largest absolute Gasteiger partial charge is 0.370 e. The molecular formula is C7H10N4S. The highest BCUT2D eigenvalue weighted by Crippen LogP contribution is 2.18. The van der Waals surface area contributed by atoms with E-state index < -0.39 is 0 Å². The quantitative estimate of drug-likeness (QED) is 0.412. The second-order valence-electron chi connectivity index (χ2n) is 2.15. The SMILES string of the molecule is C=CCc1csc(N=C(N)N)n1. The van der Waals surface area contributed by atoms with Crippen LogP contribution in [0, 0.1) is 0 Å². The van der Waals surface area contributed by atoms with E-state index in [1.807, 2.05) is 5.38 Å². The number of hydrogen-bond acceptors (Lipinski definition) is 3. The molecule has 5 heteroatoms. The summed E-state index contributed by atoms with van der Waals surface area (Å²) < 4.78 is 0. The molecule has 0 aromatic carbocycles. The highest BCUT2D eigenvalue weighted by Gasteiger charge is 1.97. The number of aliphatic imine (C=N–C) groups is 1. The van der Waals surface area contributed by atoms with Crippen LogP contribution in [0.4, 0.5) is 5.13 Å². The summed E-state index contributed by atoms with van der Waals surface area (Å²) in [5, 5.41) is 2.50. The second kappa shape index (κ2) is 3.87. The van der Waals surface area contributed by atoms with Crippen molar-refractivity contribution in [3.8, 4) is 0 Å². The lowest BCUT2D eigenvalue weighted by Crippen LogP contribution is -2.21. The lowest BCUT2D eigenvalue weighted by Gasteiger charge is -1.86. The Morgan fingerprint density at radius 2 is 2.50 bits per heavy atom. The number of hydrogen-bond donors (Lipinski definition) is 2. The van der Waals surface area contributed by atoms with Gasteiger partial charge in [-0.25, -0.2) is 4.98 Å². The van der Waals surface area contributed by atoms with Crippen molar-refractivity contribution in [3.05, 3.63) is 23.7 Å². The van der Waals surface area contributed by atoms with Gasteiger partial charge in [-0.3, -0.25) is 0 Å². The molecule has 0 amide bonds. The summed E-state index contributed by atoms with van der Waals surface area (Å²) >= 11 is 1.41. The number of nitrogens with zero attached hydrogens (tertiary/aromatic N) is 2. The average Bonchev–Trinajstić information content (AvgIpc) is 2.36. The maximum absolute atomic E-state index is 5.18. The Bertz CT molecular complexity index is 298. The van der Waals surface area contributed by atoms with E-state index in [4.69, 9.17) is 11.5 Å². The first-order valence-corrected chi connectivity index (χ1v) is 4.25. The maximum atomic E-state index is 5.18. The molecule has 0 atom stereocenters. The van der Waals surface area contributed by atoms with Crippen molar-refractivity contribution in [3.63, 3.8) is 0 Å². The smallest absolute Gasteiger partial charge is 0.212 e. The van der Waals surface area contributed by atoms with Crippen LogP contribution in [0.2, 0.25) is 0 Å². The number of aromatic nitrogens is 1. The fraction of sp³-hybridized carbons (Fsp3) is 0.143. The van der Waals surface area contributed by atoms with Crippen LogP contribution < -0.4 is 11.5 Å². The zero-order valence-electron chi connectivity index (χ0n) is 6.53. The number of rotatable bonds is 3. The lowest BCUT2D eigenvalue weighted by molar-refractivity contribution is 1.14. The predicted octanol–water partition coefficient (Wildman–Crippen LogP) is 0.777. The molecule has 1 aromatic heterocycles. The first-order valence-electron chi connectivity index (χ1n) is 3.37. The summed E-state index contributed by atoms with van der Waals surface area (Å²) in [5.74, 6) is 0.0366. The first kappa shape index (κ1) is 8.73. The van der Waals surface area contributed by atoms with Crippen LogP contribution in [-0.4, -0.2) is 10.9 Å². The molecule has 1 heterocycles. The Kier molecular flexibility index (Phi) is 2.82. The minimum Gasteiger partial charge on any atom is -0.370 e. The maximum Gasteiger partial charge on any atom is 0.212 e. The number of nitrogens with two attached hydrogens (primary N) is 2. The summed E-state index contributed by atoms with van der Waals surface area (Å²) in [4.78, 5) is 7.95. The number of guanidine groups is 1. The van der Waals surface area contributed by atoms with E-state index in [0.717, 1.165) is 12.1 Å². The first-order chi connectivity index (χ1) is 5.72. The number of thiazole rings is 1. The average molecular weight is 182 g/mol. The molecule has 0 radical (unpaired) electrons. The van der Waals surface area contributed by atoms with Gasteiger partial charge in [0.15, 0.2) is 5.96 Å². The Balaban J connectivity index is 2.77. The van der Waals surface area contributed by atoms with Crippen molar-refractivity contribution in [2.24, 2.45) is 16.5 Å². The van der Waals surface area contributed by atoms with Crippen molar-refractivity contribution in [2.75, 3.05) is 0 Å². The third-order valence-electron chi connectivity index (χ3n) is 1.12. The van der Waals surface area contributed by atoms with E-state index in [0.29, 0.717) is 5.13 Å². The standard InChI is InChI=1S/C7H10N4S/c1-2-3-5-4-12-7(10-5)11-6(8)9/h2,4H,1,3H2,(H4,8,9,10,11). The molecular weight excluding hydrogens is 172 g/mol. The Morgan fingerprint density at radius 1 is 1.75 bits per heavy atom. The second-order valence-corrected chi connectivity index (χ2v) is 2.99. The van der Waals surface area contributed by atoms with Crippen LogP contribution in [-0.2, 0) is 6.42 Å². The zero-order chi connectivity index (χ0) is 8.97. The summed E-state index contributed by atoms with van der Waals surface area (Å²) in [6.45, 7) is 3.61. The highest BCUT2D eigenvalue weighted by molar-refractivity contribution is 7.13. The van der Waals surface area contributed by atoms with Crippen LogP contribution >= 0.6 is 11.3 Å². The summed E-state index contributed by atoms with van der Waals surface area (Å²) in [5.41, 5.74) is 11.3. The van der Waals surface area contributed by atoms with Gasteiger partial charge < -0.3 is 11.5 Å². The summed E-state index contributed by atoms with van der Waals surface area (Å²) in [6.07, 6.45) is 2.53. The Labute approximate surface area is 74.6 Å². The minimum atomic E-state index is 0.0366. The van der Waals surface area contributed by atoms with E-state index in [1.54, 1.807) is 6.08 Å². The molecule has 0 saturated carbocycles. The molecule has 1 rings (SSSR count). The molecule has 12 heavy (non-hydrogen) atoms. The van der Waals surface area contributed by atoms with Crippen molar-refractivity contribution in [2.45, 2.75) is 6.42 Å². The highest BCUT2D eigenvalue weighted by atomic mass is 32.1. The van der Waals surface area contributed by atoms with Crippen LogP contribution in [0.3, 0.4) is 0 Å². The van der Waals surface area contributed by atoms with Gasteiger partial charge in [0.05, 0.1) is 5.69 Å². The third kappa shape index (κ3) is 2.35. The fourth-order valence-corrected chi connectivity index (χ4v) is 1.42. The van der Waals surface area contributed by atoms with Crippen LogP contribution in [0.25, 0.3) is 0 Å². The van der Waals surface area contributed by atoms with Gasteiger partial charge >= 0.3 is 0 Å². The fourth-order valence-electron chi connectivity index (χ4n) is 0.700. The van der Waals surface area contributed by atoms with Gasteiger partial charge in [0.25, 0.3) is 0 Å². The summed E-state index contributed by atoms with van der Waals surface area (Å²) in [6, 6.07) is 0. The van der Waals surface area contributed by atoms with Gasteiger partial charge in [0.2, 0.25) is 5.13 Å². The van der Waals surface area contributed by atoms with Gasteiger partial charge in [-0.1, -0.05) is 6.08 Å². The van der Waals surface area contributed by atoms with E-state index in [9.17, 15) is 0 Å². The van der Waals surface area contributed by atoms with E-state index >= 15 is 0 Å². The zero-order valence-corrected chi connectivity index (χ0v) is 7.34. The van der Waals surface area contributed by atoms with Gasteiger partial charge in [0, 0.05) is 11.8 Å². The molecule has 0 aliphatic rings. The van der Waals surface area contributed by atoms with Crippen molar-refractivity contribution in [1.82, 2.24) is 4.98 Å². The van der Waals surface area contributed by atoms with Gasteiger partial charge in [0.1, 0.15) is 0 Å². The molecule has 4 nitrogen and oxygen atoms in total. The van der Waals surface area contributed by atoms with E-state index in [2.05, 4.69) is 16.6 Å². The van der Waals surface area contributed by atoms with Crippen molar-refractivity contribution in [1.29, 1.82) is 0 Å². The molecule has 64 valence electrons. The molecule has 0 aliphatic carbocycles. The molecule has 0 fully saturated rings. The lowest BCUT2D eigenvalue weighted by atomic mass is 10.3. The summed E-state index contributed by atoms with van der Waals surface area (Å²) in [7, 11) is 0. The molecule has 0 saturated heterocycles. The van der Waals surface area contributed by atoms with Crippen LogP contribution in [0.1, 0.15) is 5.69 Å². The topological polar surface area (TPSA) is 77.3 Å². The molecule has 0 spiro atoms. The number of allylic oxidation sites excluding steroid dienone is 1. The predicted molar refractivity (Wildman–Crippen MR) is 51.5 cm³/mol. The van der Waals surface area contributed by atoms with Crippen LogP contribution in [0.15, 0.2) is 23.0 Å². The van der Waals surface area contributed by atoms with Crippen molar-refractivity contribution >= 4 is 22.4 Å². The van der Waals surface area contributed by atoms with E-state index in [1.165, 1.54) is 11.3 Å². The Hall–Kier alpha value is -1.36. The molecule has 0 unspecified atom stereocenters. The molecule has 1 aromatic rings. The van der Waals surface area contributed by atoms with Crippen molar-refractivity contribution < 1.29 is 0 Å². The molecule has 0 aliphatic heterocycles. The minimum absolute atomic E-state index is 0.0366.